The highest BCUT2D eigenvalue weighted by Gasteiger charge is 2.66. The van der Waals surface area contributed by atoms with E-state index in [4.69, 9.17) is 14.6 Å². The molecule has 4 aliphatic carbocycles. The van der Waals surface area contributed by atoms with Crippen molar-refractivity contribution in [2.45, 2.75) is 70.8 Å². The maximum atomic E-state index is 13.1. The van der Waals surface area contributed by atoms with E-state index in [1.54, 1.807) is 0 Å². The predicted octanol–water partition coefficient (Wildman–Crippen LogP) is 2.37. The number of hydrogen-bond donors (Lipinski definition) is 2. The molecule has 0 aromatic heterocycles. The fraction of sp³-hybridized carbons (Fsp3) is 0.800. The lowest BCUT2D eigenvalue weighted by atomic mass is 9.46. The van der Waals surface area contributed by atoms with E-state index in [-0.39, 0.29) is 36.9 Å². The molecule has 0 amide bonds. The van der Waals surface area contributed by atoms with Gasteiger partial charge >= 0.3 is 5.97 Å². The Morgan fingerprint density at radius 1 is 1.06 bits per heavy atom. The molecule has 2 N–H and O–H groups in total. The van der Waals surface area contributed by atoms with Crippen molar-refractivity contribution < 1.29 is 34.1 Å². The molecule has 7 heteroatoms. The average molecular weight is 449 g/mol. The molecule has 0 bridgehead atoms. The molecule has 4 rings (SSSR count). The molecule has 0 saturated heterocycles. The van der Waals surface area contributed by atoms with Gasteiger partial charge in [-0.2, -0.15) is 0 Å². The Morgan fingerprint density at radius 3 is 2.56 bits per heavy atom. The van der Waals surface area contributed by atoms with Crippen LogP contribution in [0.5, 0.6) is 0 Å². The van der Waals surface area contributed by atoms with Gasteiger partial charge in [-0.3, -0.25) is 9.59 Å². The summed E-state index contributed by atoms with van der Waals surface area (Å²) in [5, 5.41) is 20.3. The third-order valence-corrected chi connectivity index (χ3v) is 9.39. The molecule has 0 aromatic carbocycles. The van der Waals surface area contributed by atoms with Crippen molar-refractivity contribution in [2.75, 3.05) is 26.4 Å². The molecule has 3 fully saturated rings. The Morgan fingerprint density at radius 2 is 1.81 bits per heavy atom. The summed E-state index contributed by atoms with van der Waals surface area (Å²) in [4.78, 5) is 36.9. The van der Waals surface area contributed by atoms with Gasteiger partial charge in [0.25, 0.3) is 0 Å². The third kappa shape index (κ3) is 3.66. The molecule has 6 atom stereocenters. The Kier molecular flexibility index (Phi) is 6.38. The number of aliphatic hydroxyl groups excluding tert-OH is 1. The fourth-order valence-electron chi connectivity index (χ4n) is 7.56. The van der Waals surface area contributed by atoms with Crippen molar-refractivity contribution in [3.05, 3.63) is 11.6 Å². The highest BCUT2D eigenvalue weighted by atomic mass is 16.6. The van der Waals surface area contributed by atoms with E-state index < -0.39 is 29.4 Å². The number of hydrogen-bond acceptors (Lipinski definition) is 7. The molecule has 32 heavy (non-hydrogen) atoms. The Hall–Kier alpha value is -1.57. The highest BCUT2D eigenvalue weighted by Crippen LogP contribution is 2.67. The summed E-state index contributed by atoms with van der Waals surface area (Å²) in [7, 11) is 0. The summed E-state index contributed by atoms with van der Waals surface area (Å²) < 4.78 is 9.99. The minimum atomic E-state index is -1.49. The molecule has 0 heterocycles. The van der Waals surface area contributed by atoms with Crippen molar-refractivity contribution in [3.8, 4) is 0 Å². The highest BCUT2D eigenvalue weighted by molar-refractivity contribution is 5.92. The van der Waals surface area contributed by atoms with Crippen LogP contribution >= 0.6 is 0 Å². The summed E-state index contributed by atoms with van der Waals surface area (Å²) in [6.45, 7) is 3.41. The summed E-state index contributed by atoms with van der Waals surface area (Å²) in [6.07, 6.45) is 8.21. The van der Waals surface area contributed by atoms with Gasteiger partial charge < -0.3 is 19.7 Å². The van der Waals surface area contributed by atoms with Crippen LogP contribution in [0.15, 0.2) is 11.6 Å². The largest absolute Gasteiger partial charge is 0.456 e. The molecule has 0 spiro atoms. The Balaban J connectivity index is 1.46. The van der Waals surface area contributed by atoms with E-state index in [9.17, 15) is 19.5 Å². The quantitative estimate of drug-likeness (QED) is 0.454. The number of ether oxygens (including phenoxy) is 2. The molecule has 0 aliphatic heterocycles. The van der Waals surface area contributed by atoms with Crippen LogP contribution in [0.1, 0.15) is 65.2 Å². The number of allylic oxidation sites excluding steroid dienone is 1. The number of fused-ring (bicyclic) bond motifs is 5. The van der Waals surface area contributed by atoms with E-state index in [1.807, 2.05) is 13.0 Å². The molecule has 0 unspecified atom stereocenters. The van der Waals surface area contributed by atoms with Crippen molar-refractivity contribution in [3.63, 3.8) is 0 Å². The lowest BCUT2D eigenvalue weighted by Crippen LogP contribution is -2.58. The first-order valence-electron chi connectivity index (χ1n) is 12.0. The number of carbonyl (C=O) groups excluding carboxylic acids is 3. The zero-order valence-electron chi connectivity index (χ0n) is 19.2. The number of rotatable bonds is 7. The summed E-state index contributed by atoms with van der Waals surface area (Å²) in [5.74, 6) is 0.295. The SMILES string of the molecule is C[C@]12CCC(=O)C=C1CC[C@@H]1[C@@H]2CC[C@@]2(C)[C@H]1CC[C@]2(O)C(=O)COC(=O)COCCO. The number of ketones is 2. The molecule has 3 saturated carbocycles. The van der Waals surface area contributed by atoms with Gasteiger partial charge in [0, 0.05) is 11.8 Å². The van der Waals surface area contributed by atoms with E-state index in [0.29, 0.717) is 24.7 Å². The number of Topliss-reactive ketones (excluding diaryl/α,β-unsaturated/α-hetero) is 1. The maximum absolute atomic E-state index is 13.1. The fourth-order valence-corrected chi connectivity index (χ4v) is 7.56. The van der Waals surface area contributed by atoms with Gasteiger partial charge in [0.15, 0.2) is 12.4 Å². The van der Waals surface area contributed by atoms with Crippen LogP contribution in [-0.2, 0) is 23.9 Å². The van der Waals surface area contributed by atoms with Gasteiger partial charge in [0.2, 0.25) is 5.78 Å². The van der Waals surface area contributed by atoms with E-state index in [0.717, 1.165) is 38.5 Å². The van der Waals surface area contributed by atoms with Gasteiger partial charge in [-0.1, -0.05) is 19.4 Å². The van der Waals surface area contributed by atoms with Gasteiger partial charge in [-0.15, -0.1) is 0 Å². The molecular weight excluding hydrogens is 412 g/mol. The molecule has 7 nitrogen and oxygen atoms in total. The monoisotopic (exact) mass is 448 g/mol. The van der Waals surface area contributed by atoms with E-state index >= 15 is 0 Å². The average Bonchev–Trinajstić information content (AvgIpc) is 3.04. The second-order valence-electron chi connectivity index (χ2n) is 10.7. The van der Waals surface area contributed by atoms with E-state index in [1.165, 1.54) is 5.57 Å². The second-order valence-corrected chi connectivity index (χ2v) is 10.7. The summed E-state index contributed by atoms with van der Waals surface area (Å²) in [5.41, 5.74) is -0.674. The van der Waals surface area contributed by atoms with Crippen LogP contribution < -0.4 is 0 Å². The van der Waals surface area contributed by atoms with Crippen LogP contribution in [0.3, 0.4) is 0 Å². The zero-order valence-corrected chi connectivity index (χ0v) is 19.2. The lowest BCUT2D eigenvalue weighted by Gasteiger charge is -2.58. The van der Waals surface area contributed by atoms with Gasteiger partial charge in [-0.05, 0) is 74.2 Å². The standard InChI is InChI=1S/C25H36O7/c1-23-8-5-17(27)13-16(23)3-4-18-19(23)6-9-24(2)20(18)7-10-25(24,30)21(28)14-32-22(29)15-31-12-11-26/h13,18-20,26,30H,3-12,14-15H2,1-2H3/t18-,19+,20+,23+,24+,25+/m1/s1. The van der Waals surface area contributed by atoms with Gasteiger partial charge in [-0.25, -0.2) is 4.79 Å². The number of aliphatic hydroxyl groups is 2. The van der Waals surface area contributed by atoms with E-state index in [2.05, 4.69) is 6.92 Å². The smallest absolute Gasteiger partial charge is 0.332 e. The summed E-state index contributed by atoms with van der Waals surface area (Å²) in [6, 6.07) is 0. The third-order valence-electron chi connectivity index (χ3n) is 9.39. The van der Waals surface area contributed by atoms with Crippen LogP contribution in [0.25, 0.3) is 0 Å². The predicted molar refractivity (Wildman–Crippen MR) is 116 cm³/mol. The zero-order chi connectivity index (χ0) is 23.1. The Labute approximate surface area is 189 Å². The number of esters is 1. The first kappa shape index (κ1) is 23.6. The minimum absolute atomic E-state index is 0.0271. The first-order valence-corrected chi connectivity index (χ1v) is 12.0. The van der Waals surface area contributed by atoms with Gasteiger partial charge in [0.05, 0.1) is 13.2 Å². The normalized spacial score (nSPS) is 40.7. The van der Waals surface area contributed by atoms with Crippen molar-refractivity contribution in [1.29, 1.82) is 0 Å². The van der Waals surface area contributed by atoms with Gasteiger partial charge in [0.1, 0.15) is 12.2 Å². The minimum Gasteiger partial charge on any atom is -0.456 e. The second kappa shape index (κ2) is 8.65. The molecule has 0 aromatic rings. The van der Waals surface area contributed by atoms with Crippen molar-refractivity contribution >= 4 is 17.5 Å². The lowest BCUT2D eigenvalue weighted by molar-refractivity contribution is -0.171. The molecule has 178 valence electrons. The summed E-state index contributed by atoms with van der Waals surface area (Å²) >= 11 is 0. The first-order chi connectivity index (χ1) is 15.2. The molecule has 0 radical (unpaired) electrons. The van der Waals surface area contributed by atoms with Crippen LogP contribution in [0, 0.1) is 28.6 Å². The maximum Gasteiger partial charge on any atom is 0.332 e. The van der Waals surface area contributed by atoms with Crippen LogP contribution in [-0.4, -0.2) is 59.8 Å². The molecule has 4 aliphatic rings. The molecular formula is C25H36O7. The number of carbonyl (C=O) groups is 3. The van der Waals surface area contributed by atoms with Crippen LogP contribution in [0.4, 0.5) is 0 Å². The Bertz CT molecular complexity index is 819. The van der Waals surface area contributed by atoms with Crippen LogP contribution in [0.2, 0.25) is 0 Å². The van der Waals surface area contributed by atoms with Crippen molar-refractivity contribution in [1.82, 2.24) is 0 Å². The van der Waals surface area contributed by atoms with Crippen molar-refractivity contribution in [2.24, 2.45) is 28.6 Å². The topological polar surface area (TPSA) is 110 Å².